The smallest absolute Gasteiger partial charge is 0.323 e. The van der Waals surface area contributed by atoms with Crippen LogP contribution in [0, 0.1) is 0 Å². The largest absolute Gasteiger partial charge is 0.481 e. The molecule has 12 heavy (non-hydrogen) atoms. The number of halogens is 1. The second kappa shape index (κ2) is 6.87. The topological polar surface area (TPSA) is 75.6 Å². The number of methoxy groups -OCH3 is 1. The Morgan fingerprint density at radius 1 is 1.58 bits per heavy atom. The number of ether oxygens (including phenoxy) is 1. The number of carboxylic acid groups (broad SMARTS) is 1. The van der Waals surface area contributed by atoms with Gasteiger partial charge in [-0.05, 0) is 7.05 Å². The second-order valence-electron chi connectivity index (χ2n) is 1.96. The van der Waals surface area contributed by atoms with Crippen molar-refractivity contribution in [3.8, 4) is 0 Å². The normalized spacial score (nSPS) is 11.2. The molecule has 2 N–H and O–H groups in total. The van der Waals surface area contributed by atoms with Crippen molar-refractivity contribution in [3.05, 3.63) is 0 Å². The van der Waals surface area contributed by atoms with Gasteiger partial charge in [-0.15, -0.1) is 12.4 Å². The van der Waals surface area contributed by atoms with Crippen LogP contribution >= 0.6 is 12.4 Å². The van der Waals surface area contributed by atoms with Crippen LogP contribution in [0.2, 0.25) is 0 Å². The highest BCUT2D eigenvalue weighted by atomic mass is 35.5. The average molecular weight is 198 g/mol. The Balaban J connectivity index is 0. The van der Waals surface area contributed by atoms with Crippen molar-refractivity contribution in [1.82, 2.24) is 5.32 Å². The third-order valence-electron chi connectivity index (χ3n) is 1.21. The van der Waals surface area contributed by atoms with Crippen LogP contribution in [0.1, 0.15) is 6.42 Å². The van der Waals surface area contributed by atoms with Gasteiger partial charge in [0.15, 0.2) is 0 Å². The zero-order valence-electron chi connectivity index (χ0n) is 6.86. The van der Waals surface area contributed by atoms with Crippen LogP contribution in [0.25, 0.3) is 0 Å². The van der Waals surface area contributed by atoms with Gasteiger partial charge in [0.25, 0.3) is 0 Å². The number of carbonyl (C=O) groups excluding carboxylic acids is 1. The van der Waals surface area contributed by atoms with E-state index in [0.717, 1.165) is 0 Å². The number of esters is 1. The van der Waals surface area contributed by atoms with Crippen LogP contribution in [0.4, 0.5) is 0 Å². The molecule has 0 bridgehead atoms. The number of aliphatic carboxylic acids is 1. The summed E-state index contributed by atoms with van der Waals surface area (Å²) in [5.41, 5.74) is 0. The van der Waals surface area contributed by atoms with Gasteiger partial charge in [0, 0.05) is 0 Å². The summed E-state index contributed by atoms with van der Waals surface area (Å²) in [4.78, 5) is 20.9. The monoisotopic (exact) mass is 197 g/mol. The molecule has 0 aliphatic heterocycles. The van der Waals surface area contributed by atoms with Crippen LogP contribution in [-0.2, 0) is 14.3 Å². The molecule has 0 spiro atoms. The van der Waals surface area contributed by atoms with E-state index in [9.17, 15) is 9.59 Å². The van der Waals surface area contributed by atoms with Gasteiger partial charge in [-0.25, -0.2) is 0 Å². The van der Waals surface area contributed by atoms with Crippen molar-refractivity contribution in [3.63, 3.8) is 0 Å². The maximum absolute atomic E-state index is 10.7. The molecule has 0 unspecified atom stereocenters. The zero-order chi connectivity index (χ0) is 8.85. The van der Waals surface area contributed by atoms with Crippen LogP contribution in [0.5, 0.6) is 0 Å². The van der Waals surface area contributed by atoms with Gasteiger partial charge in [0.05, 0.1) is 13.5 Å². The highest BCUT2D eigenvalue weighted by Gasteiger charge is 2.19. The minimum Gasteiger partial charge on any atom is -0.481 e. The summed E-state index contributed by atoms with van der Waals surface area (Å²) in [5.74, 6) is -1.59. The fourth-order valence-electron chi connectivity index (χ4n) is 0.620. The summed E-state index contributed by atoms with van der Waals surface area (Å²) < 4.78 is 4.34. The lowest BCUT2D eigenvalue weighted by Gasteiger charge is -2.09. The highest BCUT2D eigenvalue weighted by Crippen LogP contribution is 1.93. The van der Waals surface area contributed by atoms with E-state index in [1.807, 2.05) is 0 Å². The number of carbonyl (C=O) groups is 2. The van der Waals surface area contributed by atoms with Crippen molar-refractivity contribution in [2.45, 2.75) is 12.5 Å². The van der Waals surface area contributed by atoms with Crippen LogP contribution < -0.4 is 5.32 Å². The summed E-state index contributed by atoms with van der Waals surface area (Å²) >= 11 is 0. The molecule has 6 heteroatoms. The fraction of sp³-hybridized carbons (Fsp3) is 0.667. The molecular weight excluding hydrogens is 186 g/mol. The number of hydrogen-bond donors (Lipinski definition) is 2. The number of hydrogen-bond acceptors (Lipinski definition) is 4. The van der Waals surface area contributed by atoms with Gasteiger partial charge in [0.2, 0.25) is 0 Å². The Bertz CT molecular complexity index is 162. The summed E-state index contributed by atoms with van der Waals surface area (Å²) in [6.45, 7) is 0. The fourth-order valence-corrected chi connectivity index (χ4v) is 0.620. The summed E-state index contributed by atoms with van der Waals surface area (Å²) in [6, 6.07) is -0.752. The average Bonchev–Trinajstić information content (AvgIpc) is 1.98. The molecule has 0 aromatic rings. The first-order valence-corrected chi connectivity index (χ1v) is 3.08. The molecule has 0 radical (unpaired) electrons. The van der Waals surface area contributed by atoms with E-state index in [1.54, 1.807) is 0 Å². The van der Waals surface area contributed by atoms with E-state index in [1.165, 1.54) is 14.2 Å². The number of rotatable bonds is 4. The molecule has 72 valence electrons. The molecule has 0 aliphatic carbocycles. The van der Waals surface area contributed by atoms with E-state index in [0.29, 0.717) is 0 Å². The van der Waals surface area contributed by atoms with Gasteiger partial charge in [-0.3, -0.25) is 9.59 Å². The van der Waals surface area contributed by atoms with E-state index in [2.05, 4.69) is 10.1 Å². The third-order valence-corrected chi connectivity index (χ3v) is 1.21. The lowest BCUT2D eigenvalue weighted by Crippen LogP contribution is -2.36. The zero-order valence-corrected chi connectivity index (χ0v) is 7.68. The first-order valence-electron chi connectivity index (χ1n) is 3.08. The predicted molar refractivity (Wildman–Crippen MR) is 44.4 cm³/mol. The van der Waals surface area contributed by atoms with Crippen LogP contribution in [-0.4, -0.2) is 37.2 Å². The minimum atomic E-state index is -1.03. The Labute approximate surface area is 76.5 Å². The SMILES string of the molecule is CN[C@H](CC(=O)O)C(=O)OC.Cl. The van der Waals surface area contributed by atoms with Crippen molar-refractivity contribution in [2.24, 2.45) is 0 Å². The van der Waals surface area contributed by atoms with Crippen LogP contribution in [0.15, 0.2) is 0 Å². The second-order valence-corrected chi connectivity index (χ2v) is 1.96. The molecule has 0 saturated heterocycles. The maximum atomic E-state index is 10.7. The van der Waals surface area contributed by atoms with Crippen molar-refractivity contribution in [2.75, 3.05) is 14.2 Å². The maximum Gasteiger partial charge on any atom is 0.323 e. The molecule has 0 heterocycles. The van der Waals surface area contributed by atoms with Gasteiger partial charge in [0.1, 0.15) is 6.04 Å². The van der Waals surface area contributed by atoms with Gasteiger partial charge in [-0.1, -0.05) is 0 Å². The molecule has 0 rings (SSSR count). The lowest BCUT2D eigenvalue weighted by molar-refractivity contribution is -0.148. The van der Waals surface area contributed by atoms with Crippen molar-refractivity contribution >= 4 is 24.3 Å². The summed E-state index contributed by atoms with van der Waals surface area (Å²) in [5, 5.41) is 10.8. The molecule has 0 aromatic carbocycles. The summed E-state index contributed by atoms with van der Waals surface area (Å²) in [6.07, 6.45) is -0.261. The lowest BCUT2D eigenvalue weighted by atomic mass is 10.2. The number of nitrogens with one attached hydrogen (secondary N) is 1. The Kier molecular flexibility index (Phi) is 7.88. The van der Waals surface area contributed by atoms with Gasteiger partial charge in [-0.2, -0.15) is 0 Å². The van der Waals surface area contributed by atoms with Crippen molar-refractivity contribution in [1.29, 1.82) is 0 Å². The molecule has 0 fully saturated rings. The van der Waals surface area contributed by atoms with E-state index >= 15 is 0 Å². The summed E-state index contributed by atoms with van der Waals surface area (Å²) in [7, 11) is 2.72. The molecular formula is C6H12ClNO4. The predicted octanol–water partition coefficient (Wildman–Crippen LogP) is -0.356. The Morgan fingerprint density at radius 3 is 2.33 bits per heavy atom. The van der Waals surface area contributed by atoms with Crippen LogP contribution in [0.3, 0.4) is 0 Å². The standard InChI is InChI=1S/C6H11NO4.ClH/c1-7-4(3-5(8)9)6(10)11-2;/h4,7H,3H2,1-2H3,(H,8,9);1H/t4-;/m1./s1. The molecule has 0 aromatic heterocycles. The highest BCUT2D eigenvalue weighted by molar-refractivity contribution is 5.85. The first-order chi connectivity index (χ1) is 5.11. The third kappa shape index (κ3) is 4.92. The molecule has 5 nitrogen and oxygen atoms in total. The first kappa shape index (κ1) is 13.8. The molecule has 1 atom stereocenters. The number of carboxylic acids is 1. The van der Waals surface area contributed by atoms with E-state index in [-0.39, 0.29) is 18.8 Å². The molecule has 0 aliphatic rings. The molecule has 0 amide bonds. The minimum absolute atomic E-state index is 0. The van der Waals surface area contributed by atoms with Crippen molar-refractivity contribution < 1.29 is 19.4 Å². The Hall–Kier alpha value is -0.810. The Morgan fingerprint density at radius 2 is 2.08 bits per heavy atom. The quantitative estimate of drug-likeness (QED) is 0.603. The van der Waals surface area contributed by atoms with Gasteiger partial charge < -0.3 is 15.2 Å². The number of likely N-dealkylation sites (N-methyl/N-ethyl adjacent to an activating group) is 1. The van der Waals surface area contributed by atoms with E-state index < -0.39 is 18.0 Å². The molecule has 0 saturated carbocycles. The van der Waals surface area contributed by atoms with Gasteiger partial charge >= 0.3 is 11.9 Å². The van der Waals surface area contributed by atoms with E-state index in [4.69, 9.17) is 5.11 Å².